The molecule has 1 heterocycles. The minimum atomic E-state index is -1.07. The van der Waals surface area contributed by atoms with Gasteiger partial charge in [0, 0.05) is 6.54 Å². The summed E-state index contributed by atoms with van der Waals surface area (Å²) in [5.41, 5.74) is 0.877. The average Bonchev–Trinajstić information content (AvgIpc) is 2.29. The topological polar surface area (TPSA) is 69.6 Å². The lowest BCUT2D eigenvalue weighted by Gasteiger charge is -2.40. The third kappa shape index (κ3) is 2.22. The summed E-state index contributed by atoms with van der Waals surface area (Å²) in [6.07, 6.45) is -1.07. The molecule has 1 fully saturated rings. The number of amides is 2. The van der Waals surface area contributed by atoms with Gasteiger partial charge in [-0.1, -0.05) is 30.3 Å². The molecule has 17 heavy (non-hydrogen) atoms. The van der Waals surface area contributed by atoms with Gasteiger partial charge in [0.15, 0.2) is 0 Å². The van der Waals surface area contributed by atoms with Crippen molar-refractivity contribution in [3.63, 3.8) is 0 Å². The maximum atomic E-state index is 11.4. The molecule has 2 rings (SSSR count). The fourth-order valence-electron chi connectivity index (χ4n) is 2.00. The number of hydrogen-bond donors (Lipinski definition) is 2. The van der Waals surface area contributed by atoms with Crippen LogP contribution in [0.3, 0.4) is 0 Å². The molecule has 5 nitrogen and oxygen atoms in total. The molecular formula is C12H14N2O3. The van der Waals surface area contributed by atoms with Gasteiger partial charge in [-0.2, -0.15) is 0 Å². The SMILES string of the molecule is C[C@H]1NC(=O)[C@H]1N(Cc1ccccc1)C(=O)O. The number of nitrogens with one attached hydrogen (secondary N) is 1. The minimum absolute atomic E-state index is 0.123. The van der Waals surface area contributed by atoms with E-state index in [0.29, 0.717) is 0 Å². The Balaban J connectivity index is 2.14. The molecule has 0 aliphatic carbocycles. The molecule has 0 unspecified atom stereocenters. The normalized spacial score (nSPS) is 22.5. The van der Waals surface area contributed by atoms with Gasteiger partial charge < -0.3 is 10.4 Å². The van der Waals surface area contributed by atoms with Crippen LogP contribution in [0.5, 0.6) is 0 Å². The van der Waals surface area contributed by atoms with Crippen LogP contribution in [-0.4, -0.2) is 34.1 Å². The van der Waals surface area contributed by atoms with Crippen molar-refractivity contribution in [2.75, 3.05) is 0 Å². The molecule has 0 bridgehead atoms. The number of nitrogens with zero attached hydrogens (tertiary/aromatic N) is 1. The van der Waals surface area contributed by atoms with E-state index in [1.807, 2.05) is 30.3 Å². The van der Waals surface area contributed by atoms with Crippen molar-refractivity contribution >= 4 is 12.0 Å². The smallest absolute Gasteiger partial charge is 0.408 e. The Kier molecular flexibility index (Phi) is 2.99. The summed E-state index contributed by atoms with van der Waals surface area (Å²) in [6.45, 7) is 2.03. The predicted molar refractivity (Wildman–Crippen MR) is 61.4 cm³/mol. The second-order valence-corrected chi connectivity index (χ2v) is 4.14. The second kappa shape index (κ2) is 4.45. The highest BCUT2D eigenvalue weighted by molar-refractivity contribution is 5.91. The first-order chi connectivity index (χ1) is 8.09. The van der Waals surface area contributed by atoms with Gasteiger partial charge in [-0.3, -0.25) is 9.69 Å². The third-order valence-corrected chi connectivity index (χ3v) is 2.89. The van der Waals surface area contributed by atoms with Gasteiger partial charge in [0.25, 0.3) is 0 Å². The van der Waals surface area contributed by atoms with Crippen LogP contribution in [0.4, 0.5) is 4.79 Å². The van der Waals surface area contributed by atoms with Crippen LogP contribution in [0.25, 0.3) is 0 Å². The van der Waals surface area contributed by atoms with E-state index < -0.39 is 12.1 Å². The van der Waals surface area contributed by atoms with Gasteiger partial charge in [-0.05, 0) is 12.5 Å². The zero-order valence-corrected chi connectivity index (χ0v) is 9.46. The third-order valence-electron chi connectivity index (χ3n) is 2.89. The Morgan fingerprint density at radius 1 is 1.41 bits per heavy atom. The van der Waals surface area contributed by atoms with Crippen LogP contribution in [0.2, 0.25) is 0 Å². The Hall–Kier alpha value is -2.04. The molecule has 90 valence electrons. The fourth-order valence-corrected chi connectivity index (χ4v) is 2.00. The van der Waals surface area contributed by atoms with E-state index in [-0.39, 0.29) is 18.5 Å². The van der Waals surface area contributed by atoms with Gasteiger partial charge >= 0.3 is 6.09 Å². The number of carbonyl (C=O) groups is 2. The molecule has 0 spiro atoms. The molecule has 5 heteroatoms. The Bertz CT molecular complexity index is 433. The van der Waals surface area contributed by atoms with Crippen LogP contribution in [0.15, 0.2) is 30.3 Å². The summed E-state index contributed by atoms with van der Waals surface area (Å²) >= 11 is 0. The van der Waals surface area contributed by atoms with Gasteiger partial charge in [-0.15, -0.1) is 0 Å². The van der Waals surface area contributed by atoms with Crippen molar-refractivity contribution in [3.8, 4) is 0 Å². The van der Waals surface area contributed by atoms with Crippen LogP contribution in [0, 0.1) is 0 Å². The molecule has 1 aromatic carbocycles. The standard InChI is InChI=1S/C12H14N2O3/c1-8-10(11(15)13-8)14(12(16)17)7-9-5-3-2-4-6-9/h2-6,8,10H,7H2,1H3,(H,13,15)(H,16,17)/t8-,10+/m1/s1. The van der Waals surface area contributed by atoms with Gasteiger partial charge in [0.1, 0.15) is 6.04 Å². The number of β-lactam (4-membered cyclic amide) rings is 1. The molecule has 0 radical (unpaired) electrons. The maximum Gasteiger partial charge on any atom is 0.408 e. The molecule has 0 saturated carbocycles. The van der Waals surface area contributed by atoms with E-state index in [1.54, 1.807) is 6.92 Å². The molecule has 2 amide bonds. The summed E-state index contributed by atoms with van der Waals surface area (Å²) in [5, 5.41) is 11.8. The van der Waals surface area contributed by atoms with Crippen molar-refractivity contribution in [1.29, 1.82) is 0 Å². The monoisotopic (exact) mass is 234 g/mol. The molecule has 1 saturated heterocycles. The first-order valence-corrected chi connectivity index (χ1v) is 5.43. The molecular weight excluding hydrogens is 220 g/mol. The van der Waals surface area contributed by atoms with Crippen molar-refractivity contribution in [2.24, 2.45) is 0 Å². The Morgan fingerprint density at radius 3 is 2.53 bits per heavy atom. The molecule has 1 aliphatic heterocycles. The van der Waals surface area contributed by atoms with Crippen LogP contribution in [-0.2, 0) is 11.3 Å². The van der Waals surface area contributed by atoms with E-state index >= 15 is 0 Å². The van der Waals surface area contributed by atoms with Crippen molar-refractivity contribution < 1.29 is 14.7 Å². The lowest BCUT2D eigenvalue weighted by Crippen LogP contribution is -2.68. The highest BCUT2D eigenvalue weighted by Crippen LogP contribution is 2.17. The molecule has 2 N–H and O–H groups in total. The lowest BCUT2D eigenvalue weighted by atomic mass is 9.99. The summed E-state index contributed by atoms with van der Waals surface area (Å²) in [4.78, 5) is 23.7. The van der Waals surface area contributed by atoms with Crippen molar-refractivity contribution in [2.45, 2.75) is 25.6 Å². The maximum absolute atomic E-state index is 11.4. The van der Waals surface area contributed by atoms with E-state index in [4.69, 9.17) is 5.11 Å². The number of rotatable bonds is 3. The van der Waals surface area contributed by atoms with E-state index in [9.17, 15) is 9.59 Å². The second-order valence-electron chi connectivity index (χ2n) is 4.14. The first-order valence-electron chi connectivity index (χ1n) is 5.43. The molecule has 1 aromatic rings. The van der Waals surface area contributed by atoms with E-state index in [2.05, 4.69) is 5.32 Å². The summed E-state index contributed by atoms with van der Waals surface area (Å²) in [7, 11) is 0. The quantitative estimate of drug-likeness (QED) is 0.768. The Morgan fingerprint density at radius 2 is 2.06 bits per heavy atom. The number of benzene rings is 1. The van der Waals surface area contributed by atoms with E-state index in [1.165, 1.54) is 4.90 Å². The van der Waals surface area contributed by atoms with Crippen molar-refractivity contribution in [1.82, 2.24) is 10.2 Å². The van der Waals surface area contributed by atoms with Crippen LogP contribution in [0.1, 0.15) is 12.5 Å². The molecule has 0 aromatic heterocycles. The highest BCUT2D eigenvalue weighted by atomic mass is 16.4. The zero-order valence-electron chi connectivity index (χ0n) is 9.46. The van der Waals surface area contributed by atoms with Crippen LogP contribution >= 0.6 is 0 Å². The minimum Gasteiger partial charge on any atom is -0.465 e. The summed E-state index contributed by atoms with van der Waals surface area (Å²) < 4.78 is 0. The predicted octanol–water partition coefficient (Wildman–Crippen LogP) is 1.05. The van der Waals surface area contributed by atoms with Gasteiger partial charge in [0.2, 0.25) is 5.91 Å². The van der Waals surface area contributed by atoms with Crippen LogP contribution < -0.4 is 5.32 Å². The number of hydrogen-bond acceptors (Lipinski definition) is 2. The lowest BCUT2D eigenvalue weighted by molar-refractivity contribution is -0.136. The average molecular weight is 234 g/mol. The van der Waals surface area contributed by atoms with Crippen molar-refractivity contribution in [3.05, 3.63) is 35.9 Å². The fraction of sp³-hybridized carbons (Fsp3) is 0.333. The Labute approximate surface area is 99.0 Å². The first kappa shape index (κ1) is 11.4. The molecule has 2 atom stereocenters. The molecule has 1 aliphatic rings. The number of carboxylic acid groups (broad SMARTS) is 1. The largest absolute Gasteiger partial charge is 0.465 e. The van der Waals surface area contributed by atoms with Gasteiger partial charge in [-0.25, -0.2) is 4.79 Å². The summed E-state index contributed by atoms with van der Waals surface area (Å²) in [5.74, 6) is -0.226. The van der Waals surface area contributed by atoms with E-state index in [0.717, 1.165) is 5.56 Å². The highest BCUT2D eigenvalue weighted by Gasteiger charge is 2.42. The number of carbonyl (C=O) groups excluding carboxylic acids is 1. The zero-order chi connectivity index (χ0) is 12.4. The van der Waals surface area contributed by atoms with Gasteiger partial charge in [0.05, 0.1) is 6.04 Å². The summed E-state index contributed by atoms with van der Waals surface area (Å²) in [6, 6.07) is 8.55.